The fraction of sp³-hybridized carbons (Fsp3) is 0.250. The van der Waals surface area contributed by atoms with E-state index in [4.69, 9.17) is 5.10 Å². The van der Waals surface area contributed by atoms with Gasteiger partial charge >= 0.3 is 6.18 Å². The lowest BCUT2D eigenvalue weighted by molar-refractivity contribution is -0.137. The number of hydrogen-bond donors (Lipinski definition) is 1. The third-order valence-corrected chi connectivity index (χ3v) is 5.22. The fourth-order valence-electron chi connectivity index (χ4n) is 3.32. The molecule has 1 N–H and O–H groups in total. The summed E-state index contributed by atoms with van der Waals surface area (Å²) in [5.74, 6) is 0.921. The van der Waals surface area contributed by atoms with E-state index in [0.717, 1.165) is 65.2 Å². The summed E-state index contributed by atoms with van der Waals surface area (Å²) in [6.45, 7) is 0.849. The average molecular weight is 436 g/mol. The van der Waals surface area contributed by atoms with Crippen molar-refractivity contribution in [3.8, 4) is 16.9 Å². The minimum atomic E-state index is -4.34. The van der Waals surface area contributed by atoms with Gasteiger partial charge in [0.05, 0.1) is 16.9 Å². The van der Waals surface area contributed by atoms with E-state index < -0.39 is 11.7 Å². The van der Waals surface area contributed by atoms with Crippen LogP contribution in [0.4, 0.5) is 19.0 Å². The Morgan fingerprint density at radius 2 is 1.67 bits per heavy atom. The number of fused-ring (bicyclic) bond motifs is 1. The van der Waals surface area contributed by atoms with Crippen molar-refractivity contribution in [1.29, 1.82) is 0 Å². The predicted octanol–water partition coefficient (Wildman–Crippen LogP) is 6.07. The van der Waals surface area contributed by atoms with E-state index in [1.807, 2.05) is 28.9 Å². The van der Waals surface area contributed by atoms with Gasteiger partial charge in [0.15, 0.2) is 0 Å². The summed E-state index contributed by atoms with van der Waals surface area (Å²) in [6.07, 6.45) is -1.44. The van der Waals surface area contributed by atoms with Crippen LogP contribution in [0.3, 0.4) is 0 Å². The van der Waals surface area contributed by atoms with Crippen LogP contribution in [0.5, 0.6) is 0 Å². The van der Waals surface area contributed by atoms with E-state index in [1.165, 1.54) is 12.1 Å². The Labute approximate surface area is 163 Å². The van der Waals surface area contributed by atoms with Gasteiger partial charge in [-0.25, -0.2) is 4.68 Å². The summed E-state index contributed by atoms with van der Waals surface area (Å²) >= 11 is 3.43. The molecule has 0 fully saturated rings. The number of nitrogens with zero attached hydrogens (tertiary/aromatic N) is 2. The van der Waals surface area contributed by atoms with E-state index in [9.17, 15) is 13.2 Å². The second kappa shape index (κ2) is 7.03. The van der Waals surface area contributed by atoms with Gasteiger partial charge in [0.1, 0.15) is 5.82 Å². The van der Waals surface area contributed by atoms with Crippen LogP contribution in [-0.4, -0.2) is 16.3 Å². The molecule has 2 aromatic carbocycles. The normalized spacial score (nSPS) is 14.4. The Morgan fingerprint density at radius 3 is 2.33 bits per heavy atom. The molecule has 0 atom stereocenters. The Kier molecular flexibility index (Phi) is 4.72. The van der Waals surface area contributed by atoms with Gasteiger partial charge in [-0.05, 0) is 55.7 Å². The van der Waals surface area contributed by atoms with E-state index in [1.54, 1.807) is 0 Å². The van der Waals surface area contributed by atoms with Crippen LogP contribution >= 0.6 is 15.9 Å². The van der Waals surface area contributed by atoms with E-state index >= 15 is 0 Å². The number of aromatic nitrogens is 2. The lowest BCUT2D eigenvalue weighted by Gasteiger charge is -2.09. The lowest BCUT2D eigenvalue weighted by atomic mass is 10.0. The van der Waals surface area contributed by atoms with Crippen molar-refractivity contribution in [2.45, 2.75) is 25.4 Å². The Bertz CT molecular complexity index is 944. The lowest BCUT2D eigenvalue weighted by Crippen LogP contribution is -2.07. The monoisotopic (exact) mass is 435 g/mol. The third kappa shape index (κ3) is 3.60. The highest BCUT2D eigenvalue weighted by atomic mass is 79.9. The number of rotatable bonds is 2. The molecular formula is C20H17BrF3N3. The number of halogens is 4. The third-order valence-electron chi connectivity index (χ3n) is 4.69. The van der Waals surface area contributed by atoms with Crippen LogP contribution in [0.25, 0.3) is 16.9 Å². The zero-order valence-corrected chi connectivity index (χ0v) is 15.9. The van der Waals surface area contributed by atoms with Crippen LogP contribution in [-0.2, 0) is 12.6 Å². The molecular weight excluding hydrogens is 419 g/mol. The van der Waals surface area contributed by atoms with Crippen LogP contribution in [0.1, 0.15) is 24.0 Å². The van der Waals surface area contributed by atoms with Crippen molar-refractivity contribution >= 4 is 21.7 Å². The molecule has 4 rings (SSSR count). The van der Waals surface area contributed by atoms with Crippen LogP contribution < -0.4 is 5.32 Å². The summed E-state index contributed by atoms with van der Waals surface area (Å²) < 4.78 is 41.4. The van der Waals surface area contributed by atoms with E-state index in [0.29, 0.717) is 5.56 Å². The van der Waals surface area contributed by atoms with Crippen LogP contribution in [0.2, 0.25) is 0 Å². The minimum Gasteiger partial charge on any atom is -0.370 e. The number of alkyl halides is 3. The predicted molar refractivity (Wildman–Crippen MR) is 103 cm³/mol. The van der Waals surface area contributed by atoms with Crippen molar-refractivity contribution in [3.63, 3.8) is 0 Å². The van der Waals surface area contributed by atoms with Crippen molar-refractivity contribution in [2.75, 3.05) is 11.9 Å². The first-order valence-corrected chi connectivity index (χ1v) is 9.52. The molecule has 3 aromatic rings. The zero-order valence-electron chi connectivity index (χ0n) is 14.4. The van der Waals surface area contributed by atoms with Gasteiger partial charge in [0.2, 0.25) is 0 Å². The molecule has 3 nitrogen and oxygen atoms in total. The molecule has 0 saturated carbocycles. The molecule has 27 heavy (non-hydrogen) atoms. The molecule has 0 bridgehead atoms. The highest BCUT2D eigenvalue weighted by Gasteiger charge is 2.30. The van der Waals surface area contributed by atoms with Gasteiger partial charge in [-0.15, -0.1) is 0 Å². The topological polar surface area (TPSA) is 29.9 Å². The van der Waals surface area contributed by atoms with Crippen molar-refractivity contribution in [1.82, 2.24) is 9.78 Å². The second-order valence-corrected chi connectivity index (χ2v) is 7.44. The number of hydrogen-bond acceptors (Lipinski definition) is 2. The first-order valence-electron chi connectivity index (χ1n) is 8.73. The van der Waals surface area contributed by atoms with Gasteiger partial charge < -0.3 is 5.32 Å². The van der Waals surface area contributed by atoms with E-state index in [2.05, 4.69) is 21.2 Å². The summed E-state index contributed by atoms with van der Waals surface area (Å²) in [4.78, 5) is 0. The molecule has 0 amide bonds. The van der Waals surface area contributed by atoms with Gasteiger partial charge in [0, 0.05) is 22.1 Å². The smallest absolute Gasteiger partial charge is 0.370 e. The molecule has 0 radical (unpaired) electrons. The molecule has 2 heterocycles. The summed E-state index contributed by atoms with van der Waals surface area (Å²) in [7, 11) is 0. The van der Waals surface area contributed by atoms with Crippen molar-refractivity contribution in [2.24, 2.45) is 0 Å². The Balaban J connectivity index is 1.82. The first-order chi connectivity index (χ1) is 12.9. The maximum absolute atomic E-state index is 12.9. The molecule has 140 valence electrons. The quantitative estimate of drug-likeness (QED) is 0.529. The molecule has 1 aliphatic rings. The fourth-order valence-corrected chi connectivity index (χ4v) is 3.58. The number of anilines is 1. The van der Waals surface area contributed by atoms with Crippen LogP contribution in [0, 0.1) is 0 Å². The molecule has 0 spiro atoms. The molecule has 7 heteroatoms. The van der Waals surface area contributed by atoms with Crippen molar-refractivity contribution < 1.29 is 13.2 Å². The standard InChI is InChI=1S/C20H17BrF3N3/c21-15-8-10-16(11-9-15)27-19-17(3-1-2-12-25-19)18(26-27)13-4-6-14(7-5-13)20(22,23)24/h4-11,25H,1-3,12H2. The Hall–Kier alpha value is -2.28. The first kappa shape index (κ1) is 18.1. The minimum absolute atomic E-state index is 0.650. The molecule has 1 aromatic heterocycles. The largest absolute Gasteiger partial charge is 0.416 e. The highest BCUT2D eigenvalue weighted by Crippen LogP contribution is 2.36. The number of benzene rings is 2. The zero-order chi connectivity index (χ0) is 19.0. The van der Waals surface area contributed by atoms with Gasteiger partial charge in [-0.2, -0.15) is 18.3 Å². The molecule has 1 aliphatic heterocycles. The molecule has 0 unspecified atom stereocenters. The summed E-state index contributed by atoms with van der Waals surface area (Å²) in [5, 5.41) is 8.19. The maximum atomic E-state index is 12.9. The van der Waals surface area contributed by atoms with Crippen molar-refractivity contribution in [3.05, 3.63) is 64.1 Å². The van der Waals surface area contributed by atoms with Gasteiger partial charge in [-0.1, -0.05) is 28.1 Å². The van der Waals surface area contributed by atoms with E-state index in [-0.39, 0.29) is 0 Å². The number of nitrogens with one attached hydrogen (secondary N) is 1. The highest BCUT2D eigenvalue weighted by molar-refractivity contribution is 9.10. The summed E-state index contributed by atoms with van der Waals surface area (Å²) in [6, 6.07) is 13.0. The van der Waals surface area contributed by atoms with Gasteiger partial charge in [-0.3, -0.25) is 0 Å². The Morgan fingerprint density at radius 1 is 0.963 bits per heavy atom. The summed E-state index contributed by atoms with van der Waals surface area (Å²) in [5.41, 5.74) is 2.73. The second-order valence-electron chi connectivity index (χ2n) is 6.52. The molecule has 0 saturated heterocycles. The average Bonchev–Trinajstić information content (AvgIpc) is 2.83. The van der Waals surface area contributed by atoms with Gasteiger partial charge in [0.25, 0.3) is 0 Å². The molecule has 0 aliphatic carbocycles. The maximum Gasteiger partial charge on any atom is 0.416 e. The SMILES string of the molecule is FC(F)(F)c1ccc(-c2nn(-c3ccc(Br)cc3)c3c2CCCCN3)cc1. The van der Waals surface area contributed by atoms with Crippen LogP contribution in [0.15, 0.2) is 53.0 Å².